The first-order valence-electron chi connectivity index (χ1n) is 6.46. The van der Waals surface area contributed by atoms with E-state index in [2.05, 4.69) is 32.6 Å². The Bertz CT molecular complexity index is 855. The lowest BCUT2D eigenvalue weighted by molar-refractivity contribution is 1.11. The minimum Gasteiger partial charge on any atom is -0.307 e. The Morgan fingerprint density at radius 3 is 2.35 bits per heavy atom. The van der Waals surface area contributed by atoms with Gasteiger partial charge in [-0.05, 0) is 12.1 Å². The minimum atomic E-state index is 0.852. The smallest absolute Gasteiger partial charge is 0.104 e. The van der Waals surface area contributed by atoms with Crippen LogP contribution < -0.4 is 0 Å². The Morgan fingerprint density at radius 1 is 0.750 bits per heavy atom. The van der Waals surface area contributed by atoms with Crippen molar-refractivity contribution in [3.8, 4) is 11.3 Å². The number of azo groups is 1. The van der Waals surface area contributed by atoms with E-state index in [9.17, 15) is 0 Å². The SMILES string of the molecule is c1ccc(N=Nc2c3c[nH][nH]c-3c3ccccc23)cc1. The number of aromatic amines is 2. The number of rotatable bonds is 2. The molecule has 1 aliphatic heterocycles. The summed E-state index contributed by atoms with van der Waals surface area (Å²) in [6, 6.07) is 18.0. The number of benzene rings is 2. The number of fused-ring (bicyclic) bond motifs is 3. The van der Waals surface area contributed by atoms with Crippen LogP contribution in [0.15, 0.2) is 71.0 Å². The number of H-pyrrole nitrogens is 2. The maximum atomic E-state index is 4.45. The van der Waals surface area contributed by atoms with Gasteiger partial charge in [0.05, 0.1) is 11.4 Å². The van der Waals surface area contributed by atoms with Crippen LogP contribution >= 0.6 is 0 Å². The van der Waals surface area contributed by atoms with Gasteiger partial charge >= 0.3 is 0 Å². The van der Waals surface area contributed by atoms with Gasteiger partial charge in [0.2, 0.25) is 0 Å². The first-order chi connectivity index (χ1) is 9.93. The molecule has 0 unspecified atom stereocenters. The quantitative estimate of drug-likeness (QED) is 0.476. The van der Waals surface area contributed by atoms with E-state index in [-0.39, 0.29) is 0 Å². The Balaban J connectivity index is 1.90. The van der Waals surface area contributed by atoms with Crippen molar-refractivity contribution >= 4 is 22.1 Å². The van der Waals surface area contributed by atoms with Gasteiger partial charge in [-0.2, -0.15) is 5.11 Å². The van der Waals surface area contributed by atoms with E-state index >= 15 is 0 Å². The summed E-state index contributed by atoms with van der Waals surface area (Å²) in [6.45, 7) is 0. The first-order valence-corrected chi connectivity index (χ1v) is 6.46. The molecular weight excluding hydrogens is 248 g/mol. The summed E-state index contributed by atoms with van der Waals surface area (Å²) in [5, 5.41) is 17.2. The fourth-order valence-corrected chi connectivity index (χ4v) is 2.48. The molecular formula is C16H12N4. The normalized spacial score (nSPS) is 11.8. The van der Waals surface area contributed by atoms with E-state index in [4.69, 9.17) is 0 Å². The molecule has 2 N–H and O–H groups in total. The van der Waals surface area contributed by atoms with Crippen LogP contribution in [0.4, 0.5) is 11.4 Å². The van der Waals surface area contributed by atoms with Crippen LogP contribution in [0.5, 0.6) is 0 Å². The molecule has 0 radical (unpaired) electrons. The predicted molar refractivity (Wildman–Crippen MR) is 79.9 cm³/mol. The second-order valence-corrected chi connectivity index (χ2v) is 4.63. The summed E-state index contributed by atoms with van der Waals surface area (Å²) in [5.41, 5.74) is 3.89. The topological polar surface area (TPSA) is 56.3 Å². The fourth-order valence-electron chi connectivity index (χ4n) is 2.48. The molecule has 4 heteroatoms. The highest BCUT2D eigenvalue weighted by molar-refractivity contribution is 6.10. The second-order valence-electron chi connectivity index (χ2n) is 4.63. The molecule has 2 aromatic rings. The molecule has 0 aromatic heterocycles. The van der Waals surface area contributed by atoms with Gasteiger partial charge < -0.3 is 10.2 Å². The molecule has 2 aliphatic rings. The molecule has 0 amide bonds. The van der Waals surface area contributed by atoms with E-state index in [0.717, 1.165) is 33.4 Å². The zero-order chi connectivity index (χ0) is 13.4. The number of hydrogen-bond donors (Lipinski definition) is 2. The predicted octanol–water partition coefficient (Wildman–Crippen LogP) is 5.02. The summed E-state index contributed by atoms with van der Waals surface area (Å²) in [7, 11) is 0. The van der Waals surface area contributed by atoms with Crippen LogP contribution in [-0.2, 0) is 0 Å². The van der Waals surface area contributed by atoms with E-state index in [1.165, 1.54) is 0 Å². The second kappa shape index (κ2) is 4.35. The van der Waals surface area contributed by atoms with Gasteiger partial charge in [0, 0.05) is 22.5 Å². The zero-order valence-corrected chi connectivity index (χ0v) is 10.7. The molecule has 0 saturated carbocycles. The maximum absolute atomic E-state index is 4.45. The molecule has 1 aliphatic carbocycles. The van der Waals surface area contributed by atoms with Crippen molar-refractivity contribution in [1.29, 1.82) is 0 Å². The minimum absolute atomic E-state index is 0.852. The summed E-state index contributed by atoms with van der Waals surface area (Å²) in [4.78, 5) is 0. The van der Waals surface area contributed by atoms with Gasteiger partial charge in [-0.1, -0.05) is 42.5 Å². The summed E-state index contributed by atoms with van der Waals surface area (Å²) in [6.07, 6.45) is 1.93. The van der Waals surface area contributed by atoms with Gasteiger partial charge in [0.25, 0.3) is 0 Å². The van der Waals surface area contributed by atoms with Crippen molar-refractivity contribution in [1.82, 2.24) is 10.2 Å². The van der Waals surface area contributed by atoms with Crippen molar-refractivity contribution in [3.05, 3.63) is 60.8 Å². The van der Waals surface area contributed by atoms with Gasteiger partial charge in [0.1, 0.15) is 5.69 Å². The highest BCUT2D eigenvalue weighted by Crippen LogP contribution is 2.43. The highest BCUT2D eigenvalue weighted by atomic mass is 15.1. The van der Waals surface area contributed by atoms with Gasteiger partial charge in [-0.15, -0.1) is 5.11 Å². The molecule has 0 fully saturated rings. The average molecular weight is 260 g/mol. The van der Waals surface area contributed by atoms with Gasteiger partial charge in [0.15, 0.2) is 0 Å². The molecule has 0 spiro atoms. The molecule has 0 saturated heterocycles. The van der Waals surface area contributed by atoms with Crippen LogP contribution in [0.3, 0.4) is 0 Å². The van der Waals surface area contributed by atoms with Crippen molar-refractivity contribution in [2.75, 3.05) is 0 Å². The van der Waals surface area contributed by atoms with Crippen molar-refractivity contribution in [2.24, 2.45) is 10.2 Å². The molecule has 96 valence electrons. The monoisotopic (exact) mass is 260 g/mol. The summed E-state index contributed by atoms with van der Waals surface area (Å²) < 4.78 is 0. The fraction of sp³-hybridized carbons (Fsp3) is 0. The molecule has 0 atom stereocenters. The third-order valence-electron chi connectivity index (χ3n) is 3.41. The molecule has 20 heavy (non-hydrogen) atoms. The molecule has 4 rings (SSSR count). The average Bonchev–Trinajstić information content (AvgIpc) is 3.07. The molecule has 2 aromatic carbocycles. The standard InChI is InChI=1S/C16H12N4/c1-2-6-11(7-3-1)18-20-16-13-9-5-4-8-12(13)15-14(16)10-17-19-15/h1-10,17,19H. The Hall–Kier alpha value is -2.88. The maximum Gasteiger partial charge on any atom is 0.104 e. The Morgan fingerprint density at radius 2 is 1.50 bits per heavy atom. The highest BCUT2D eigenvalue weighted by Gasteiger charge is 2.18. The van der Waals surface area contributed by atoms with Crippen LogP contribution in [0, 0.1) is 0 Å². The summed E-state index contributed by atoms with van der Waals surface area (Å²) in [5.74, 6) is 0. The third kappa shape index (κ3) is 1.62. The van der Waals surface area contributed by atoms with E-state index < -0.39 is 0 Å². The number of hydrogen-bond acceptors (Lipinski definition) is 2. The van der Waals surface area contributed by atoms with Crippen LogP contribution in [0.1, 0.15) is 0 Å². The van der Waals surface area contributed by atoms with E-state index in [1.807, 2.05) is 48.7 Å². The van der Waals surface area contributed by atoms with Gasteiger partial charge in [-0.3, -0.25) is 0 Å². The molecule has 0 bridgehead atoms. The zero-order valence-electron chi connectivity index (χ0n) is 10.7. The number of nitrogens with one attached hydrogen (secondary N) is 2. The van der Waals surface area contributed by atoms with Crippen molar-refractivity contribution < 1.29 is 0 Å². The van der Waals surface area contributed by atoms with Gasteiger partial charge in [-0.25, -0.2) is 0 Å². The van der Waals surface area contributed by atoms with Crippen molar-refractivity contribution in [3.63, 3.8) is 0 Å². The lowest BCUT2D eigenvalue weighted by Gasteiger charge is -1.93. The molecule has 4 nitrogen and oxygen atoms in total. The van der Waals surface area contributed by atoms with Crippen molar-refractivity contribution in [2.45, 2.75) is 0 Å². The lowest BCUT2D eigenvalue weighted by Crippen LogP contribution is -1.69. The Labute approximate surface area is 115 Å². The number of aromatic nitrogens is 2. The summed E-state index contributed by atoms with van der Waals surface area (Å²) >= 11 is 0. The first kappa shape index (κ1) is 11.0. The number of nitrogens with zero attached hydrogens (tertiary/aromatic N) is 2. The Kier molecular flexibility index (Phi) is 2.39. The lowest BCUT2D eigenvalue weighted by atomic mass is 10.2. The van der Waals surface area contributed by atoms with Crippen LogP contribution in [-0.4, -0.2) is 10.2 Å². The van der Waals surface area contributed by atoms with Crippen LogP contribution in [0.2, 0.25) is 0 Å². The van der Waals surface area contributed by atoms with E-state index in [0.29, 0.717) is 0 Å². The third-order valence-corrected chi connectivity index (χ3v) is 3.41. The van der Waals surface area contributed by atoms with Crippen LogP contribution in [0.25, 0.3) is 22.0 Å². The molecule has 1 heterocycles. The largest absolute Gasteiger partial charge is 0.307 e. The van der Waals surface area contributed by atoms with E-state index in [1.54, 1.807) is 0 Å².